The molecule has 38 heavy (non-hydrogen) atoms. The normalized spacial score (nSPS) is 14.0. The van der Waals surface area contributed by atoms with Gasteiger partial charge in [-0.25, -0.2) is 25.2 Å². The van der Waals surface area contributed by atoms with Gasteiger partial charge in [-0.05, 0) is 36.4 Å². The van der Waals surface area contributed by atoms with Crippen LogP contribution < -0.4 is 10.9 Å². The van der Waals surface area contributed by atoms with E-state index in [0.717, 1.165) is 22.3 Å². The Hall–Kier alpha value is -5.45. The number of esters is 2. The molecule has 0 spiro atoms. The number of carbonyl (C=O) groups excluding carboxylic acids is 3. The number of fused-ring (bicyclic) bond motifs is 2. The van der Waals surface area contributed by atoms with E-state index in [4.69, 9.17) is 18.3 Å². The molecule has 2 amide bonds. The highest BCUT2D eigenvalue weighted by molar-refractivity contribution is 5.95. The maximum absolute atomic E-state index is 12.0. The van der Waals surface area contributed by atoms with Gasteiger partial charge in [-0.15, -0.1) is 0 Å². The SMILES string of the molecule is O=C(NN=Cc1ccc(-c2ccc3c(c2)C(=O)OC3)o1)N/N=C/c1ccc(-c2ccc3c(c2)C(=O)OC3)o1. The van der Waals surface area contributed by atoms with Crippen molar-refractivity contribution in [2.75, 3.05) is 0 Å². The van der Waals surface area contributed by atoms with E-state index in [1.807, 2.05) is 24.3 Å². The molecule has 4 aromatic rings. The summed E-state index contributed by atoms with van der Waals surface area (Å²) in [4.78, 5) is 35.5. The molecule has 2 aromatic heterocycles. The van der Waals surface area contributed by atoms with Crippen LogP contribution in [0.4, 0.5) is 4.79 Å². The number of hydrogen-bond donors (Lipinski definition) is 2. The summed E-state index contributed by atoms with van der Waals surface area (Å²) in [5.41, 5.74) is 8.72. The fourth-order valence-electron chi connectivity index (χ4n) is 4.02. The van der Waals surface area contributed by atoms with Gasteiger partial charge in [0.05, 0.1) is 23.6 Å². The molecule has 2 aliphatic heterocycles. The molecule has 188 valence electrons. The number of amides is 2. The number of furan rings is 2. The van der Waals surface area contributed by atoms with E-state index in [2.05, 4.69) is 21.1 Å². The zero-order valence-corrected chi connectivity index (χ0v) is 19.6. The Morgan fingerprint density at radius 3 is 1.63 bits per heavy atom. The standard InChI is InChI=1S/C27H18N4O7/c32-25-21-9-15(1-3-17(21)13-35-25)23-7-5-19(37-23)11-28-30-27(34)31-29-12-20-6-8-24(38-20)16-2-4-18-14-36-26(33)22(18)10-16/h1-12H,13-14H2,(H2,30,31,34)/b28-11+,29-12?. The summed E-state index contributed by atoms with van der Waals surface area (Å²) >= 11 is 0. The first-order valence-electron chi connectivity index (χ1n) is 11.5. The number of urea groups is 1. The number of nitrogens with zero attached hydrogens (tertiary/aromatic N) is 2. The molecule has 2 aromatic carbocycles. The van der Waals surface area contributed by atoms with E-state index in [9.17, 15) is 14.4 Å². The van der Waals surface area contributed by atoms with E-state index >= 15 is 0 Å². The number of cyclic esters (lactones) is 2. The van der Waals surface area contributed by atoms with Crippen LogP contribution in [-0.2, 0) is 22.7 Å². The highest BCUT2D eigenvalue weighted by Gasteiger charge is 2.23. The Balaban J connectivity index is 1.02. The van der Waals surface area contributed by atoms with E-state index in [1.54, 1.807) is 36.4 Å². The molecule has 0 saturated heterocycles. The average molecular weight is 510 g/mol. The molecule has 11 nitrogen and oxygen atoms in total. The Bertz CT molecular complexity index is 1530. The van der Waals surface area contributed by atoms with Gasteiger partial charge < -0.3 is 18.3 Å². The molecule has 0 bridgehead atoms. The smallest absolute Gasteiger partial charge is 0.355 e. The van der Waals surface area contributed by atoms with E-state index in [-0.39, 0.29) is 25.2 Å². The molecule has 0 fully saturated rings. The van der Waals surface area contributed by atoms with Crippen molar-refractivity contribution < 1.29 is 32.7 Å². The van der Waals surface area contributed by atoms with Crippen molar-refractivity contribution in [2.24, 2.45) is 10.2 Å². The third-order valence-corrected chi connectivity index (χ3v) is 5.92. The van der Waals surface area contributed by atoms with E-state index in [0.29, 0.717) is 34.2 Å². The van der Waals surface area contributed by atoms with Gasteiger partial charge in [-0.2, -0.15) is 10.2 Å². The average Bonchev–Trinajstić information content (AvgIpc) is 3.72. The zero-order valence-electron chi connectivity index (χ0n) is 19.6. The Labute approximate surface area is 214 Å². The minimum atomic E-state index is -0.676. The summed E-state index contributed by atoms with van der Waals surface area (Å²) in [6.45, 7) is 0.554. The highest BCUT2D eigenvalue weighted by Crippen LogP contribution is 2.29. The molecule has 2 aliphatic rings. The molecule has 11 heteroatoms. The lowest BCUT2D eigenvalue weighted by Gasteiger charge is -1.99. The lowest BCUT2D eigenvalue weighted by atomic mass is 10.0. The molecule has 0 aliphatic carbocycles. The number of ether oxygens (including phenoxy) is 2. The maximum atomic E-state index is 12.0. The summed E-state index contributed by atoms with van der Waals surface area (Å²) in [5.74, 6) is 1.17. The molecule has 0 atom stereocenters. The molecule has 6 rings (SSSR count). The van der Waals surface area contributed by atoms with E-state index in [1.165, 1.54) is 12.4 Å². The minimum Gasteiger partial charge on any atom is -0.457 e. The first-order valence-corrected chi connectivity index (χ1v) is 11.5. The van der Waals surface area contributed by atoms with Crippen LogP contribution in [0.2, 0.25) is 0 Å². The summed E-state index contributed by atoms with van der Waals surface area (Å²) < 4.78 is 21.5. The van der Waals surface area contributed by atoms with Gasteiger partial charge in [0.15, 0.2) is 0 Å². The number of rotatable bonds is 6. The fraction of sp³-hybridized carbons (Fsp3) is 0.0741. The topological polar surface area (TPSA) is 145 Å². The lowest BCUT2D eigenvalue weighted by molar-refractivity contribution is 0.0526. The van der Waals surface area contributed by atoms with Gasteiger partial charge in [0, 0.05) is 22.3 Å². The van der Waals surface area contributed by atoms with Gasteiger partial charge in [-0.3, -0.25) is 0 Å². The predicted molar refractivity (Wildman–Crippen MR) is 133 cm³/mol. The monoisotopic (exact) mass is 510 g/mol. The Morgan fingerprint density at radius 2 is 1.16 bits per heavy atom. The van der Waals surface area contributed by atoms with Crippen molar-refractivity contribution >= 4 is 30.4 Å². The maximum Gasteiger partial charge on any atom is 0.355 e. The second-order valence-electron chi connectivity index (χ2n) is 8.37. The quantitative estimate of drug-likeness (QED) is 0.224. The Kier molecular flexibility index (Phi) is 5.77. The molecule has 0 unspecified atom stereocenters. The molecule has 2 N–H and O–H groups in total. The Morgan fingerprint density at radius 1 is 0.684 bits per heavy atom. The zero-order chi connectivity index (χ0) is 26.1. The van der Waals surface area contributed by atoms with Gasteiger partial charge in [0.1, 0.15) is 36.3 Å². The van der Waals surface area contributed by atoms with Crippen LogP contribution in [0.3, 0.4) is 0 Å². The molecular weight excluding hydrogens is 492 g/mol. The number of carbonyl (C=O) groups is 3. The first kappa shape index (κ1) is 23.0. The van der Waals surface area contributed by atoms with Gasteiger partial charge in [0.25, 0.3) is 0 Å². The number of benzene rings is 2. The van der Waals surface area contributed by atoms with Gasteiger partial charge >= 0.3 is 18.0 Å². The van der Waals surface area contributed by atoms with Crippen LogP contribution in [-0.4, -0.2) is 30.4 Å². The van der Waals surface area contributed by atoms with Crippen molar-refractivity contribution in [1.82, 2.24) is 10.9 Å². The lowest BCUT2D eigenvalue weighted by Crippen LogP contribution is -2.28. The summed E-state index contributed by atoms with van der Waals surface area (Å²) in [7, 11) is 0. The van der Waals surface area contributed by atoms with Crippen LogP contribution in [0.1, 0.15) is 43.4 Å². The predicted octanol–water partition coefficient (Wildman–Crippen LogP) is 4.21. The van der Waals surface area contributed by atoms with Crippen LogP contribution >= 0.6 is 0 Å². The highest BCUT2D eigenvalue weighted by atomic mass is 16.5. The van der Waals surface area contributed by atoms with E-state index < -0.39 is 6.03 Å². The molecule has 0 radical (unpaired) electrons. The van der Waals surface area contributed by atoms with Crippen molar-refractivity contribution in [3.63, 3.8) is 0 Å². The van der Waals surface area contributed by atoms with Crippen LogP contribution in [0.5, 0.6) is 0 Å². The number of hydrazone groups is 2. The summed E-state index contributed by atoms with van der Waals surface area (Å²) in [5, 5.41) is 7.67. The molecule has 4 heterocycles. The molecule has 0 saturated carbocycles. The van der Waals surface area contributed by atoms with Crippen molar-refractivity contribution in [3.05, 3.63) is 94.4 Å². The molecular formula is C27H18N4O7. The number of nitrogens with one attached hydrogen (secondary N) is 2. The van der Waals surface area contributed by atoms with Gasteiger partial charge in [-0.1, -0.05) is 24.3 Å². The van der Waals surface area contributed by atoms with Crippen molar-refractivity contribution in [3.8, 4) is 22.6 Å². The number of hydrogen-bond acceptors (Lipinski definition) is 9. The van der Waals surface area contributed by atoms with Crippen LogP contribution in [0, 0.1) is 0 Å². The van der Waals surface area contributed by atoms with Gasteiger partial charge in [0.2, 0.25) is 0 Å². The van der Waals surface area contributed by atoms with Crippen molar-refractivity contribution in [2.45, 2.75) is 13.2 Å². The third-order valence-electron chi connectivity index (χ3n) is 5.92. The minimum absolute atomic E-state index is 0.277. The largest absolute Gasteiger partial charge is 0.457 e. The first-order chi connectivity index (χ1) is 18.5. The van der Waals surface area contributed by atoms with Crippen molar-refractivity contribution in [1.29, 1.82) is 0 Å². The summed E-state index contributed by atoms with van der Waals surface area (Å²) in [6, 6.07) is 16.9. The second kappa shape index (κ2) is 9.54. The fourth-order valence-corrected chi connectivity index (χ4v) is 4.02. The summed E-state index contributed by atoms with van der Waals surface area (Å²) in [6.07, 6.45) is 2.67. The third kappa shape index (κ3) is 4.55. The van der Waals surface area contributed by atoms with Crippen LogP contribution in [0.15, 0.2) is 79.7 Å². The van der Waals surface area contributed by atoms with Crippen LogP contribution in [0.25, 0.3) is 22.6 Å². The second-order valence-corrected chi connectivity index (χ2v) is 8.37.